The van der Waals surface area contributed by atoms with Crippen LogP contribution >= 0.6 is 0 Å². The van der Waals surface area contributed by atoms with Gasteiger partial charge in [-0.1, -0.05) is 32.1 Å². The van der Waals surface area contributed by atoms with Gasteiger partial charge in [-0.3, -0.25) is 0 Å². The first kappa shape index (κ1) is 15.9. The van der Waals surface area contributed by atoms with E-state index in [1.807, 2.05) is 13.8 Å². The average molecular weight is 294 g/mol. The van der Waals surface area contributed by atoms with E-state index in [-0.39, 0.29) is 11.9 Å². The SMILES string of the molecule is CC(C)Oc1cc(NCCC2CCCCC2)c(N)cc1F. The summed E-state index contributed by atoms with van der Waals surface area (Å²) < 4.78 is 19.2. The van der Waals surface area contributed by atoms with Crippen molar-refractivity contribution in [2.75, 3.05) is 17.6 Å². The summed E-state index contributed by atoms with van der Waals surface area (Å²) in [6, 6.07) is 3.01. The summed E-state index contributed by atoms with van der Waals surface area (Å²) in [5.41, 5.74) is 7.09. The van der Waals surface area contributed by atoms with Crippen LogP contribution in [0.25, 0.3) is 0 Å². The highest BCUT2D eigenvalue weighted by Gasteiger charge is 2.14. The van der Waals surface area contributed by atoms with Gasteiger partial charge in [-0.05, 0) is 26.2 Å². The first-order valence-corrected chi connectivity index (χ1v) is 8.06. The van der Waals surface area contributed by atoms with Crippen molar-refractivity contribution in [1.82, 2.24) is 0 Å². The van der Waals surface area contributed by atoms with E-state index >= 15 is 0 Å². The number of nitrogen functional groups attached to an aromatic ring is 1. The highest BCUT2D eigenvalue weighted by Crippen LogP contribution is 2.30. The van der Waals surface area contributed by atoms with E-state index in [9.17, 15) is 4.39 Å². The van der Waals surface area contributed by atoms with E-state index in [1.54, 1.807) is 6.07 Å². The Morgan fingerprint density at radius 3 is 2.67 bits per heavy atom. The lowest BCUT2D eigenvalue weighted by atomic mass is 9.87. The van der Waals surface area contributed by atoms with Gasteiger partial charge in [0.2, 0.25) is 0 Å². The Balaban J connectivity index is 1.92. The molecule has 0 saturated heterocycles. The average Bonchev–Trinajstić information content (AvgIpc) is 2.44. The van der Waals surface area contributed by atoms with Crippen LogP contribution < -0.4 is 15.8 Å². The molecule has 1 aliphatic rings. The summed E-state index contributed by atoms with van der Waals surface area (Å²) >= 11 is 0. The zero-order valence-electron chi connectivity index (χ0n) is 13.1. The van der Waals surface area contributed by atoms with Gasteiger partial charge in [0.05, 0.1) is 17.5 Å². The van der Waals surface area contributed by atoms with Crippen LogP contribution in [0, 0.1) is 11.7 Å². The lowest BCUT2D eigenvalue weighted by Crippen LogP contribution is -2.13. The topological polar surface area (TPSA) is 47.3 Å². The minimum atomic E-state index is -0.404. The summed E-state index contributed by atoms with van der Waals surface area (Å²) in [7, 11) is 0. The van der Waals surface area contributed by atoms with Crippen molar-refractivity contribution >= 4 is 11.4 Å². The molecule has 1 aromatic carbocycles. The van der Waals surface area contributed by atoms with Crippen molar-refractivity contribution < 1.29 is 9.13 Å². The lowest BCUT2D eigenvalue weighted by molar-refractivity contribution is 0.231. The van der Waals surface area contributed by atoms with Crippen molar-refractivity contribution in [3.8, 4) is 5.75 Å². The number of hydrogen-bond donors (Lipinski definition) is 2. The molecule has 3 N–H and O–H groups in total. The largest absolute Gasteiger partial charge is 0.488 e. The highest BCUT2D eigenvalue weighted by atomic mass is 19.1. The van der Waals surface area contributed by atoms with Gasteiger partial charge in [0.15, 0.2) is 11.6 Å². The van der Waals surface area contributed by atoms with Gasteiger partial charge in [-0.2, -0.15) is 0 Å². The lowest BCUT2D eigenvalue weighted by Gasteiger charge is -2.22. The van der Waals surface area contributed by atoms with Crippen LogP contribution in [-0.4, -0.2) is 12.6 Å². The first-order chi connectivity index (χ1) is 10.1. The number of rotatable bonds is 6. The maximum atomic E-state index is 13.8. The fraction of sp³-hybridized carbons (Fsp3) is 0.647. The number of benzene rings is 1. The third kappa shape index (κ3) is 4.80. The zero-order chi connectivity index (χ0) is 15.2. The molecule has 1 saturated carbocycles. The molecule has 3 nitrogen and oxygen atoms in total. The van der Waals surface area contributed by atoms with Crippen LogP contribution in [0.5, 0.6) is 5.75 Å². The van der Waals surface area contributed by atoms with Gasteiger partial charge >= 0.3 is 0 Å². The predicted molar refractivity (Wildman–Crippen MR) is 86.3 cm³/mol. The zero-order valence-corrected chi connectivity index (χ0v) is 13.1. The molecule has 118 valence electrons. The standard InChI is InChI=1S/C17H27FN2O/c1-12(2)21-17-11-16(15(19)10-14(17)18)20-9-8-13-6-4-3-5-7-13/h10-13,20H,3-9,19H2,1-2H3. The smallest absolute Gasteiger partial charge is 0.167 e. The maximum Gasteiger partial charge on any atom is 0.167 e. The van der Waals surface area contributed by atoms with Crippen LogP contribution in [0.15, 0.2) is 12.1 Å². The summed E-state index contributed by atoms with van der Waals surface area (Å²) in [6.45, 7) is 4.64. The van der Waals surface area contributed by atoms with E-state index in [0.717, 1.165) is 24.6 Å². The molecule has 21 heavy (non-hydrogen) atoms. The Hall–Kier alpha value is -1.45. The normalized spacial score (nSPS) is 16.2. The van der Waals surface area contributed by atoms with Crippen molar-refractivity contribution in [1.29, 1.82) is 0 Å². The molecule has 0 amide bonds. The van der Waals surface area contributed by atoms with Crippen LogP contribution in [-0.2, 0) is 0 Å². The van der Waals surface area contributed by atoms with Crippen molar-refractivity contribution in [2.24, 2.45) is 5.92 Å². The van der Waals surface area contributed by atoms with E-state index in [0.29, 0.717) is 5.69 Å². The molecular formula is C17H27FN2O. The Bertz CT molecular complexity index is 456. The molecule has 0 unspecified atom stereocenters. The second kappa shape index (κ2) is 7.53. The fourth-order valence-electron chi connectivity index (χ4n) is 2.95. The number of nitrogens with two attached hydrogens (primary N) is 1. The van der Waals surface area contributed by atoms with Gasteiger partial charge in [-0.25, -0.2) is 4.39 Å². The summed E-state index contributed by atoms with van der Waals surface area (Å²) in [5.74, 6) is 0.678. The molecule has 1 fully saturated rings. The Kier molecular flexibility index (Phi) is 5.71. The molecule has 0 bridgehead atoms. The van der Waals surface area contributed by atoms with Crippen LogP contribution in [0.1, 0.15) is 52.4 Å². The van der Waals surface area contributed by atoms with Crippen LogP contribution in [0.2, 0.25) is 0 Å². The van der Waals surface area contributed by atoms with E-state index in [4.69, 9.17) is 10.5 Å². The fourth-order valence-corrected chi connectivity index (χ4v) is 2.95. The molecule has 0 spiro atoms. The molecular weight excluding hydrogens is 267 g/mol. The van der Waals surface area contributed by atoms with Gasteiger partial charge in [0, 0.05) is 18.7 Å². The van der Waals surface area contributed by atoms with Crippen molar-refractivity contribution in [3.63, 3.8) is 0 Å². The third-order valence-electron chi connectivity index (χ3n) is 4.06. The van der Waals surface area contributed by atoms with E-state index < -0.39 is 5.82 Å². The predicted octanol–water partition coefficient (Wildman–Crippen LogP) is 4.58. The third-order valence-corrected chi connectivity index (χ3v) is 4.06. The molecule has 0 radical (unpaired) electrons. The Labute approximate surface area is 127 Å². The van der Waals surface area contributed by atoms with Crippen molar-refractivity contribution in [3.05, 3.63) is 17.9 Å². The monoisotopic (exact) mass is 294 g/mol. The second-order valence-corrected chi connectivity index (χ2v) is 6.26. The molecule has 0 aromatic heterocycles. The molecule has 2 rings (SSSR count). The maximum absolute atomic E-state index is 13.8. The Morgan fingerprint density at radius 2 is 2.00 bits per heavy atom. The first-order valence-electron chi connectivity index (χ1n) is 8.06. The second-order valence-electron chi connectivity index (χ2n) is 6.26. The highest BCUT2D eigenvalue weighted by molar-refractivity contribution is 5.68. The Morgan fingerprint density at radius 1 is 1.29 bits per heavy atom. The molecule has 1 aliphatic carbocycles. The summed E-state index contributed by atoms with van der Waals surface area (Å²) in [5, 5.41) is 3.33. The molecule has 0 atom stereocenters. The van der Waals surface area contributed by atoms with Gasteiger partial charge in [-0.15, -0.1) is 0 Å². The number of nitrogens with one attached hydrogen (secondary N) is 1. The number of anilines is 2. The molecule has 4 heteroatoms. The van der Waals surface area contributed by atoms with Crippen LogP contribution in [0.4, 0.5) is 15.8 Å². The van der Waals surface area contributed by atoms with Gasteiger partial charge < -0.3 is 15.8 Å². The molecule has 0 aliphatic heterocycles. The molecule has 1 aromatic rings. The number of hydrogen-bond acceptors (Lipinski definition) is 3. The van der Waals surface area contributed by atoms with Crippen LogP contribution in [0.3, 0.4) is 0 Å². The van der Waals surface area contributed by atoms with Gasteiger partial charge in [0.1, 0.15) is 0 Å². The summed E-state index contributed by atoms with van der Waals surface area (Å²) in [6.07, 6.45) is 7.86. The summed E-state index contributed by atoms with van der Waals surface area (Å²) in [4.78, 5) is 0. The van der Waals surface area contributed by atoms with E-state index in [1.165, 1.54) is 38.2 Å². The minimum Gasteiger partial charge on any atom is -0.488 e. The number of halogens is 1. The number of ether oxygens (including phenoxy) is 1. The van der Waals surface area contributed by atoms with E-state index in [2.05, 4.69) is 5.32 Å². The van der Waals surface area contributed by atoms with Crippen molar-refractivity contribution in [2.45, 2.75) is 58.5 Å². The molecule has 0 heterocycles. The van der Waals surface area contributed by atoms with Gasteiger partial charge in [0.25, 0.3) is 0 Å². The quantitative estimate of drug-likeness (QED) is 0.755. The minimum absolute atomic E-state index is 0.0572.